The minimum atomic E-state index is 0.0614. The molecule has 1 fully saturated rings. The number of ether oxygens (including phenoxy) is 1. The molecule has 1 amide bonds. The highest BCUT2D eigenvalue weighted by Crippen LogP contribution is 2.25. The van der Waals surface area contributed by atoms with E-state index in [1.54, 1.807) is 0 Å². The maximum atomic E-state index is 12.3. The molecule has 2 rings (SSSR count). The van der Waals surface area contributed by atoms with Crippen molar-refractivity contribution in [2.24, 2.45) is 5.92 Å². The average molecular weight is 304 g/mol. The first-order valence-electron chi connectivity index (χ1n) is 8.54. The first-order chi connectivity index (χ1) is 10.8. The number of carbonyl (C=O) groups excluding carboxylic acids is 1. The summed E-state index contributed by atoms with van der Waals surface area (Å²) in [6, 6.07) is 7.71. The van der Waals surface area contributed by atoms with Gasteiger partial charge >= 0.3 is 0 Å². The van der Waals surface area contributed by atoms with Gasteiger partial charge in [-0.1, -0.05) is 38.3 Å². The fourth-order valence-corrected chi connectivity index (χ4v) is 2.72. The Kier molecular flexibility index (Phi) is 7.23. The van der Waals surface area contributed by atoms with Crippen molar-refractivity contribution >= 4 is 11.6 Å². The molecule has 1 atom stereocenters. The topological polar surface area (TPSA) is 50.4 Å². The maximum absolute atomic E-state index is 12.3. The summed E-state index contributed by atoms with van der Waals surface area (Å²) < 4.78 is 5.84. The lowest BCUT2D eigenvalue weighted by Gasteiger charge is -2.22. The summed E-state index contributed by atoms with van der Waals surface area (Å²) in [6.45, 7) is 4.69. The Bertz CT molecular complexity index is 456. The molecule has 4 heteroatoms. The molecule has 1 aliphatic rings. The molecule has 2 N–H and O–H groups in total. The lowest BCUT2D eigenvalue weighted by molar-refractivity contribution is -0.120. The predicted octanol–water partition coefficient (Wildman–Crippen LogP) is 3.58. The smallest absolute Gasteiger partial charge is 0.228 e. The van der Waals surface area contributed by atoms with Crippen molar-refractivity contribution in [3.63, 3.8) is 0 Å². The molecule has 0 spiro atoms. The molecule has 0 bridgehead atoms. The van der Waals surface area contributed by atoms with Crippen LogP contribution < -0.4 is 15.4 Å². The Hall–Kier alpha value is -1.55. The zero-order valence-corrected chi connectivity index (χ0v) is 13.6. The molecule has 0 aliphatic carbocycles. The molecule has 0 saturated carbocycles. The number of hydrogen-bond acceptors (Lipinski definition) is 3. The van der Waals surface area contributed by atoms with Crippen LogP contribution in [-0.2, 0) is 4.79 Å². The molecule has 1 saturated heterocycles. The van der Waals surface area contributed by atoms with Gasteiger partial charge in [-0.15, -0.1) is 0 Å². The fraction of sp³-hybridized carbons (Fsp3) is 0.611. The van der Waals surface area contributed by atoms with Crippen LogP contribution in [0.1, 0.15) is 45.4 Å². The van der Waals surface area contributed by atoms with Crippen LogP contribution in [0.5, 0.6) is 5.75 Å². The number of amides is 1. The Balaban J connectivity index is 1.85. The summed E-state index contributed by atoms with van der Waals surface area (Å²) >= 11 is 0. The van der Waals surface area contributed by atoms with Crippen molar-refractivity contribution in [1.29, 1.82) is 0 Å². The van der Waals surface area contributed by atoms with Gasteiger partial charge in [-0.3, -0.25) is 4.79 Å². The molecule has 0 aromatic heterocycles. The van der Waals surface area contributed by atoms with E-state index in [2.05, 4.69) is 17.6 Å². The first kappa shape index (κ1) is 16.8. The van der Waals surface area contributed by atoms with E-state index >= 15 is 0 Å². The van der Waals surface area contributed by atoms with E-state index < -0.39 is 0 Å². The number of hydrogen-bond donors (Lipinski definition) is 2. The first-order valence-corrected chi connectivity index (χ1v) is 8.54. The van der Waals surface area contributed by atoms with Crippen molar-refractivity contribution in [3.05, 3.63) is 24.3 Å². The maximum Gasteiger partial charge on any atom is 0.228 e. The minimum absolute atomic E-state index is 0.0614. The zero-order chi connectivity index (χ0) is 15.6. The highest BCUT2D eigenvalue weighted by atomic mass is 16.5. The van der Waals surface area contributed by atoms with E-state index in [1.807, 2.05) is 24.3 Å². The van der Waals surface area contributed by atoms with Gasteiger partial charge in [0, 0.05) is 6.54 Å². The molecule has 1 heterocycles. The quantitative estimate of drug-likeness (QED) is 0.722. The number of nitrogens with one attached hydrogen (secondary N) is 2. The summed E-state index contributed by atoms with van der Waals surface area (Å²) in [5.41, 5.74) is 0.786. The molecule has 1 aromatic carbocycles. The number of carbonyl (C=O) groups is 1. The second kappa shape index (κ2) is 9.46. The van der Waals surface area contributed by atoms with E-state index in [-0.39, 0.29) is 11.8 Å². The number of para-hydroxylation sites is 2. The number of anilines is 1. The normalized spacial score (nSPS) is 18.0. The summed E-state index contributed by atoms with van der Waals surface area (Å²) in [7, 11) is 0. The summed E-state index contributed by atoms with van der Waals surface area (Å²) in [5, 5.41) is 6.31. The fourth-order valence-electron chi connectivity index (χ4n) is 2.72. The van der Waals surface area contributed by atoms with Gasteiger partial charge < -0.3 is 15.4 Å². The van der Waals surface area contributed by atoms with Crippen LogP contribution in [0.15, 0.2) is 24.3 Å². The van der Waals surface area contributed by atoms with Crippen LogP contribution >= 0.6 is 0 Å². The third-order valence-corrected chi connectivity index (χ3v) is 4.07. The van der Waals surface area contributed by atoms with Gasteiger partial charge in [0.15, 0.2) is 0 Å². The molecule has 1 aromatic rings. The SMILES string of the molecule is CCCCCCOc1ccccc1NC(=O)C1CCCNC1. The Morgan fingerprint density at radius 2 is 2.18 bits per heavy atom. The molecule has 0 radical (unpaired) electrons. The molecule has 1 aliphatic heterocycles. The van der Waals surface area contributed by atoms with Crippen LogP contribution in [0.3, 0.4) is 0 Å². The van der Waals surface area contributed by atoms with E-state index in [9.17, 15) is 4.79 Å². The Morgan fingerprint density at radius 3 is 2.95 bits per heavy atom. The van der Waals surface area contributed by atoms with Crippen molar-refractivity contribution in [1.82, 2.24) is 5.32 Å². The predicted molar refractivity (Wildman–Crippen MR) is 90.3 cm³/mol. The van der Waals surface area contributed by atoms with Gasteiger partial charge in [-0.2, -0.15) is 0 Å². The van der Waals surface area contributed by atoms with Crippen LogP contribution in [0.25, 0.3) is 0 Å². The highest BCUT2D eigenvalue weighted by Gasteiger charge is 2.21. The Morgan fingerprint density at radius 1 is 1.32 bits per heavy atom. The Labute approximate surface area is 133 Å². The van der Waals surface area contributed by atoms with E-state index in [0.29, 0.717) is 6.61 Å². The van der Waals surface area contributed by atoms with Crippen molar-refractivity contribution in [2.45, 2.75) is 45.4 Å². The number of piperidine rings is 1. The van der Waals surface area contributed by atoms with Gasteiger partial charge in [0.2, 0.25) is 5.91 Å². The monoisotopic (exact) mass is 304 g/mol. The second-order valence-corrected chi connectivity index (χ2v) is 5.94. The molecular formula is C18H28N2O2. The van der Waals surface area contributed by atoms with E-state index in [1.165, 1.54) is 19.3 Å². The van der Waals surface area contributed by atoms with Gasteiger partial charge in [-0.05, 0) is 37.9 Å². The van der Waals surface area contributed by atoms with E-state index in [4.69, 9.17) is 4.74 Å². The van der Waals surface area contributed by atoms with Gasteiger partial charge in [0.1, 0.15) is 5.75 Å². The summed E-state index contributed by atoms with van der Waals surface area (Å²) in [5.74, 6) is 0.928. The van der Waals surface area contributed by atoms with Crippen LogP contribution in [0.4, 0.5) is 5.69 Å². The standard InChI is InChI=1S/C18H28N2O2/c1-2-3-4-7-13-22-17-11-6-5-10-16(17)20-18(21)15-9-8-12-19-14-15/h5-6,10-11,15,19H,2-4,7-9,12-14H2,1H3,(H,20,21). The van der Waals surface area contributed by atoms with Crippen molar-refractivity contribution < 1.29 is 9.53 Å². The third kappa shape index (κ3) is 5.34. The second-order valence-electron chi connectivity index (χ2n) is 5.94. The van der Waals surface area contributed by atoms with Gasteiger partial charge in [0.25, 0.3) is 0 Å². The largest absolute Gasteiger partial charge is 0.491 e. The minimum Gasteiger partial charge on any atom is -0.491 e. The zero-order valence-electron chi connectivity index (χ0n) is 13.6. The summed E-state index contributed by atoms with van der Waals surface area (Å²) in [6.07, 6.45) is 6.74. The molecular weight excluding hydrogens is 276 g/mol. The van der Waals surface area contributed by atoms with Gasteiger partial charge in [-0.25, -0.2) is 0 Å². The third-order valence-electron chi connectivity index (χ3n) is 4.07. The average Bonchev–Trinajstić information content (AvgIpc) is 2.57. The van der Waals surface area contributed by atoms with Gasteiger partial charge in [0.05, 0.1) is 18.2 Å². The lowest BCUT2D eigenvalue weighted by Crippen LogP contribution is -2.37. The van der Waals surface area contributed by atoms with Crippen LogP contribution in [-0.4, -0.2) is 25.6 Å². The lowest BCUT2D eigenvalue weighted by atomic mass is 9.99. The van der Waals surface area contributed by atoms with Crippen LogP contribution in [0, 0.1) is 5.92 Å². The molecule has 4 nitrogen and oxygen atoms in total. The summed E-state index contributed by atoms with van der Waals surface area (Å²) in [4.78, 5) is 12.3. The highest BCUT2D eigenvalue weighted by molar-refractivity contribution is 5.94. The molecule has 1 unspecified atom stereocenters. The number of unbranched alkanes of at least 4 members (excludes halogenated alkanes) is 3. The number of rotatable bonds is 8. The van der Waals surface area contributed by atoms with Crippen molar-refractivity contribution in [2.75, 3.05) is 25.0 Å². The number of benzene rings is 1. The molecule has 122 valence electrons. The van der Waals surface area contributed by atoms with Crippen LogP contribution in [0.2, 0.25) is 0 Å². The van der Waals surface area contributed by atoms with E-state index in [0.717, 1.165) is 43.8 Å². The molecule has 22 heavy (non-hydrogen) atoms. The van der Waals surface area contributed by atoms with Crippen molar-refractivity contribution in [3.8, 4) is 5.75 Å².